The number of anilines is 2. The topological polar surface area (TPSA) is 181 Å². The molecule has 2 aromatic carbocycles. The van der Waals surface area contributed by atoms with Gasteiger partial charge in [-0.1, -0.05) is 11.6 Å². The van der Waals surface area contributed by atoms with Crippen LogP contribution in [0.25, 0.3) is 23.0 Å². The minimum atomic E-state index is -0.566. The van der Waals surface area contributed by atoms with Crippen LogP contribution in [0.5, 0.6) is 0 Å². The van der Waals surface area contributed by atoms with Crippen LogP contribution in [0.4, 0.5) is 16.2 Å². The maximum atomic E-state index is 13.2. The number of nitrogens with one attached hydrogen (secondary N) is 5. The Morgan fingerprint density at radius 2 is 1.95 bits per heavy atom. The molecule has 0 fully saturated rings. The van der Waals surface area contributed by atoms with Gasteiger partial charge in [0.2, 0.25) is 11.8 Å². The average molecular weight is 599 g/mol. The summed E-state index contributed by atoms with van der Waals surface area (Å²) in [6.07, 6.45) is 7.92. The summed E-state index contributed by atoms with van der Waals surface area (Å²) in [6, 6.07) is 10.7. The lowest BCUT2D eigenvalue weighted by molar-refractivity contribution is -0.122. The zero-order chi connectivity index (χ0) is 30.9. The van der Waals surface area contributed by atoms with Gasteiger partial charge in [-0.05, 0) is 73.0 Å². The number of ether oxygens (including phenoxy) is 1. The molecule has 1 aliphatic heterocycles. The van der Waals surface area contributed by atoms with E-state index in [9.17, 15) is 14.4 Å². The van der Waals surface area contributed by atoms with Crippen molar-refractivity contribution < 1.29 is 19.1 Å². The van der Waals surface area contributed by atoms with Crippen molar-refractivity contribution in [3.63, 3.8) is 0 Å². The van der Waals surface area contributed by atoms with Crippen molar-refractivity contribution in [3.05, 3.63) is 71.9 Å². The number of carbonyl (C=O) groups excluding carboxylic acids is 3. The van der Waals surface area contributed by atoms with E-state index in [1.54, 1.807) is 18.3 Å². The fourth-order valence-electron chi connectivity index (χ4n) is 4.84. The number of hydrogen-bond donors (Lipinski definition) is 5. The zero-order valence-electron chi connectivity index (χ0n) is 24.5. The van der Waals surface area contributed by atoms with Gasteiger partial charge < -0.3 is 25.7 Å². The van der Waals surface area contributed by atoms with Crippen LogP contribution in [0.15, 0.2) is 55.0 Å². The molecule has 228 valence electrons. The first-order chi connectivity index (χ1) is 21.4. The lowest BCUT2D eigenvalue weighted by Gasteiger charge is -2.16. The van der Waals surface area contributed by atoms with E-state index in [2.05, 4.69) is 46.8 Å². The second-order valence-electron chi connectivity index (χ2n) is 10.3. The number of hydrogen-bond acceptors (Lipinski definition) is 9. The van der Waals surface area contributed by atoms with Gasteiger partial charge in [0.25, 0.3) is 0 Å². The molecule has 0 saturated heterocycles. The Hall–Kier alpha value is -5.53. The van der Waals surface area contributed by atoms with Crippen molar-refractivity contribution in [1.82, 2.24) is 40.8 Å². The van der Waals surface area contributed by atoms with Crippen molar-refractivity contribution in [3.8, 4) is 16.9 Å². The summed E-state index contributed by atoms with van der Waals surface area (Å²) < 4.78 is 6.25. The molecule has 44 heavy (non-hydrogen) atoms. The monoisotopic (exact) mass is 598 g/mol. The molecule has 3 amide bonds. The largest absolute Gasteiger partial charge is 0.453 e. The number of methoxy groups -OCH3 is 1. The van der Waals surface area contributed by atoms with E-state index in [1.165, 1.54) is 24.2 Å². The van der Waals surface area contributed by atoms with Crippen LogP contribution in [0.3, 0.4) is 0 Å². The summed E-state index contributed by atoms with van der Waals surface area (Å²) in [5.41, 5.74) is 5.41. The van der Waals surface area contributed by atoms with Gasteiger partial charge in [-0.2, -0.15) is 4.68 Å². The number of nitrogens with zero attached hydrogens (tertiary/aromatic N) is 5. The number of amides is 3. The van der Waals surface area contributed by atoms with Crippen LogP contribution in [0.1, 0.15) is 48.7 Å². The van der Waals surface area contributed by atoms with Crippen LogP contribution in [0, 0.1) is 6.92 Å². The van der Waals surface area contributed by atoms with Gasteiger partial charge in [0, 0.05) is 48.1 Å². The van der Waals surface area contributed by atoms with Gasteiger partial charge in [-0.15, -0.1) is 5.10 Å². The van der Waals surface area contributed by atoms with Crippen molar-refractivity contribution in [1.29, 1.82) is 0 Å². The average Bonchev–Trinajstić information content (AvgIpc) is 3.73. The van der Waals surface area contributed by atoms with Gasteiger partial charge in [-0.25, -0.2) is 9.78 Å². The highest BCUT2D eigenvalue weighted by Gasteiger charge is 2.20. The number of H-pyrrole nitrogens is 1. The van der Waals surface area contributed by atoms with Crippen LogP contribution in [-0.2, 0) is 14.3 Å². The third kappa shape index (κ3) is 7.65. The van der Waals surface area contributed by atoms with E-state index in [4.69, 9.17) is 4.74 Å². The number of carbonyl (C=O) groups is 3. The minimum absolute atomic E-state index is 0.0953. The number of rotatable bonds is 5. The Balaban J connectivity index is 1.40. The number of aromatic amines is 1. The Bertz CT molecular complexity index is 1650. The fraction of sp³-hybridized carbons (Fsp3) is 0.300. The van der Waals surface area contributed by atoms with E-state index >= 15 is 0 Å². The molecule has 3 heterocycles. The normalized spacial score (nSPS) is 15.7. The second kappa shape index (κ2) is 14.1. The number of aryl methyl sites for hydroxylation is 1. The molecule has 0 radical (unpaired) electrons. The summed E-state index contributed by atoms with van der Waals surface area (Å²) in [5, 5.41) is 23.4. The first-order valence-electron chi connectivity index (χ1n) is 14.3. The number of tetrazole rings is 1. The Morgan fingerprint density at radius 3 is 2.75 bits per heavy atom. The third-order valence-electron chi connectivity index (χ3n) is 7.08. The first-order valence-corrected chi connectivity index (χ1v) is 14.3. The molecule has 5 rings (SSSR count). The predicted molar refractivity (Wildman–Crippen MR) is 164 cm³/mol. The molecular formula is C30H34N10O4. The maximum Gasteiger partial charge on any atom is 0.411 e. The van der Waals surface area contributed by atoms with Gasteiger partial charge in [0.15, 0.2) is 0 Å². The molecule has 4 aromatic rings. The smallest absolute Gasteiger partial charge is 0.411 e. The van der Waals surface area contributed by atoms with Crippen molar-refractivity contribution in [2.45, 2.75) is 38.6 Å². The summed E-state index contributed by atoms with van der Waals surface area (Å²) in [5.74, 6) is 0.0650. The van der Waals surface area contributed by atoms with Gasteiger partial charge in [0.1, 0.15) is 12.2 Å². The molecule has 2 bridgehead atoms. The fourth-order valence-corrected chi connectivity index (χ4v) is 4.84. The molecule has 14 nitrogen and oxygen atoms in total. The molecule has 1 atom stereocenters. The van der Waals surface area contributed by atoms with Gasteiger partial charge in [0.05, 0.1) is 30.7 Å². The lowest BCUT2D eigenvalue weighted by Crippen LogP contribution is -2.30. The Kier molecular flexibility index (Phi) is 9.59. The number of benzene rings is 2. The number of imidazole rings is 1. The quantitative estimate of drug-likeness (QED) is 0.215. The summed E-state index contributed by atoms with van der Waals surface area (Å²) in [6.45, 7) is 3.16. The lowest BCUT2D eigenvalue weighted by atomic mass is 10.1. The minimum Gasteiger partial charge on any atom is -0.453 e. The molecule has 5 N–H and O–H groups in total. The van der Waals surface area contributed by atoms with Crippen molar-refractivity contribution in [2.75, 3.05) is 30.8 Å². The van der Waals surface area contributed by atoms with Crippen LogP contribution in [0.2, 0.25) is 0 Å². The van der Waals surface area contributed by atoms with Gasteiger partial charge >= 0.3 is 6.09 Å². The highest BCUT2D eigenvalue weighted by molar-refractivity contribution is 5.92. The van der Waals surface area contributed by atoms with Crippen LogP contribution in [-0.4, -0.2) is 68.3 Å². The molecule has 1 unspecified atom stereocenters. The Morgan fingerprint density at radius 1 is 1.11 bits per heavy atom. The molecule has 2 aromatic heterocycles. The molecule has 1 aliphatic rings. The zero-order valence-corrected chi connectivity index (χ0v) is 24.5. The van der Waals surface area contributed by atoms with Crippen LogP contribution >= 0.6 is 0 Å². The molecular weight excluding hydrogens is 564 g/mol. The maximum absolute atomic E-state index is 13.2. The summed E-state index contributed by atoms with van der Waals surface area (Å²) in [7, 11) is 1.31. The number of aromatic nitrogens is 6. The molecule has 0 spiro atoms. The van der Waals surface area contributed by atoms with E-state index < -0.39 is 12.1 Å². The van der Waals surface area contributed by atoms with E-state index in [1.807, 2.05) is 37.3 Å². The highest BCUT2D eigenvalue weighted by Crippen LogP contribution is 2.31. The first kappa shape index (κ1) is 29.9. The van der Waals surface area contributed by atoms with E-state index in [0.29, 0.717) is 36.7 Å². The Labute approximate surface area is 253 Å². The molecule has 0 aliphatic carbocycles. The van der Waals surface area contributed by atoms with Crippen molar-refractivity contribution in [2.24, 2.45) is 0 Å². The summed E-state index contributed by atoms with van der Waals surface area (Å²) >= 11 is 0. The molecule has 14 heteroatoms. The van der Waals surface area contributed by atoms with E-state index in [-0.39, 0.29) is 18.2 Å². The van der Waals surface area contributed by atoms with Crippen LogP contribution < -0.4 is 21.3 Å². The number of fused-ring (bicyclic) bond motifs is 4. The standard InChI is InChI=1S/C30H34N10O4/c1-19-5-10-26(40-18-34-38-39-40)20(15-19)6-11-28(42)36-23-9-12-27(41)32-14-4-3-13-31-24-16-21(35-30(43)44-2)7-8-22(24)25-17-33-29(23)37-25/h5-8,10-11,15-18,23,31H,3-4,9,12-14H2,1-2H3,(H,32,41)(H,33,37)(H,35,43)(H,36,42). The predicted octanol–water partition coefficient (Wildman–Crippen LogP) is 3.51. The third-order valence-corrected chi connectivity index (χ3v) is 7.08. The SMILES string of the molecule is COC(=O)Nc1ccc2c(c1)NCCCCNC(=O)CCC(NC(=O)C=Cc1cc(C)ccc1-n1cnnn1)c1ncc-2[nH]1. The van der Waals surface area contributed by atoms with Crippen molar-refractivity contribution >= 4 is 35.4 Å². The van der Waals surface area contributed by atoms with Gasteiger partial charge in [-0.3, -0.25) is 14.9 Å². The molecule has 0 saturated carbocycles. The highest BCUT2D eigenvalue weighted by atomic mass is 16.5. The second-order valence-corrected chi connectivity index (χ2v) is 10.3. The summed E-state index contributed by atoms with van der Waals surface area (Å²) in [4.78, 5) is 45.5. The van der Waals surface area contributed by atoms with E-state index in [0.717, 1.165) is 40.9 Å².